The fourth-order valence-corrected chi connectivity index (χ4v) is 1.78. The number of aliphatic hydroxyl groups is 1. The van der Waals surface area contributed by atoms with Crippen molar-refractivity contribution >= 4 is 0 Å². The molecule has 0 saturated carbocycles. The number of aliphatic hydroxyl groups excluding tert-OH is 1. The summed E-state index contributed by atoms with van der Waals surface area (Å²) in [7, 11) is 0. The van der Waals surface area contributed by atoms with Gasteiger partial charge in [0.1, 0.15) is 17.7 Å². The van der Waals surface area contributed by atoms with Crippen LogP contribution in [0.15, 0.2) is 54.6 Å². The van der Waals surface area contributed by atoms with Crippen LogP contribution in [0.2, 0.25) is 0 Å². The zero-order chi connectivity index (χ0) is 12.8. The van der Waals surface area contributed by atoms with E-state index in [9.17, 15) is 4.39 Å². The predicted molar refractivity (Wildman–Crippen MR) is 67.9 cm³/mol. The van der Waals surface area contributed by atoms with Crippen LogP contribution in [-0.4, -0.2) is 11.7 Å². The van der Waals surface area contributed by atoms with Gasteiger partial charge in [-0.25, -0.2) is 4.39 Å². The molecule has 0 bridgehead atoms. The fraction of sp³-hybridized carbons (Fsp3) is 0.200. The van der Waals surface area contributed by atoms with Crippen molar-refractivity contribution in [3.8, 4) is 5.75 Å². The van der Waals surface area contributed by atoms with Gasteiger partial charge in [0.2, 0.25) is 0 Å². The van der Waals surface area contributed by atoms with E-state index in [2.05, 4.69) is 0 Å². The quantitative estimate of drug-likeness (QED) is 0.876. The summed E-state index contributed by atoms with van der Waals surface area (Å²) in [5.41, 5.74) is 0.968. The molecular weight excluding hydrogens is 231 g/mol. The van der Waals surface area contributed by atoms with E-state index in [0.717, 1.165) is 5.56 Å². The van der Waals surface area contributed by atoms with Crippen LogP contribution >= 0.6 is 0 Å². The molecule has 18 heavy (non-hydrogen) atoms. The van der Waals surface area contributed by atoms with Crippen LogP contribution in [-0.2, 0) is 0 Å². The molecule has 1 atom stereocenters. The summed E-state index contributed by atoms with van der Waals surface area (Å²) in [6.45, 7) is 0.0227. The van der Waals surface area contributed by atoms with Gasteiger partial charge in [0.15, 0.2) is 0 Å². The third-order valence-corrected chi connectivity index (χ3v) is 2.64. The Labute approximate surface area is 106 Å². The summed E-state index contributed by atoms with van der Waals surface area (Å²) in [6.07, 6.45) is 0.207. The van der Waals surface area contributed by atoms with Crippen molar-refractivity contribution in [2.24, 2.45) is 0 Å². The lowest BCUT2D eigenvalue weighted by atomic mass is 10.1. The van der Waals surface area contributed by atoms with Gasteiger partial charge >= 0.3 is 0 Å². The minimum Gasteiger partial charge on any atom is -0.486 e. The minimum atomic E-state index is -0.330. The second-order valence-corrected chi connectivity index (χ2v) is 3.99. The Kier molecular flexibility index (Phi) is 4.31. The monoisotopic (exact) mass is 246 g/mol. The molecule has 0 aliphatic carbocycles. The Morgan fingerprint density at radius 2 is 1.83 bits per heavy atom. The minimum absolute atomic E-state index is 0.0227. The molecule has 1 N–H and O–H groups in total. The van der Waals surface area contributed by atoms with Crippen molar-refractivity contribution in [1.29, 1.82) is 0 Å². The summed E-state index contributed by atoms with van der Waals surface area (Å²) in [5.74, 6) is 0.139. The highest BCUT2D eigenvalue weighted by molar-refractivity contribution is 5.25. The maximum Gasteiger partial charge on any atom is 0.126 e. The molecule has 3 heteroatoms. The molecule has 0 spiro atoms. The van der Waals surface area contributed by atoms with Crippen LogP contribution in [0.3, 0.4) is 0 Å². The highest BCUT2D eigenvalue weighted by atomic mass is 19.1. The second-order valence-electron chi connectivity index (χ2n) is 3.99. The van der Waals surface area contributed by atoms with Crippen molar-refractivity contribution in [3.05, 3.63) is 66.0 Å². The van der Waals surface area contributed by atoms with Crippen molar-refractivity contribution < 1.29 is 14.2 Å². The van der Waals surface area contributed by atoms with Gasteiger partial charge in [-0.15, -0.1) is 0 Å². The highest BCUT2D eigenvalue weighted by Crippen LogP contribution is 2.24. The van der Waals surface area contributed by atoms with Gasteiger partial charge in [-0.05, 0) is 17.7 Å². The SMILES string of the molecule is OCC[C@@H](Oc1cccc(F)c1)c1ccccc1. The molecule has 2 aromatic rings. The first-order valence-electron chi connectivity index (χ1n) is 5.87. The average molecular weight is 246 g/mol. The lowest BCUT2D eigenvalue weighted by Gasteiger charge is -2.18. The Balaban J connectivity index is 2.16. The normalized spacial score (nSPS) is 12.1. The van der Waals surface area contributed by atoms with Crippen LogP contribution < -0.4 is 4.74 Å². The molecule has 94 valence electrons. The molecule has 0 saturated heterocycles. The maximum atomic E-state index is 13.1. The molecule has 0 aliphatic rings. The van der Waals surface area contributed by atoms with Crippen LogP contribution in [0, 0.1) is 5.82 Å². The molecular formula is C15H15FO2. The molecule has 0 radical (unpaired) electrons. The van der Waals surface area contributed by atoms with E-state index < -0.39 is 0 Å². The smallest absolute Gasteiger partial charge is 0.126 e. The predicted octanol–water partition coefficient (Wildman–Crippen LogP) is 3.33. The lowest BCUT2D eigenvalue weighted by Crippen LogP contribution is -2.09. The van der Waals surface area contributed by atoms with E-state index in [1.807, 2.05) is 30.3 Å². The van der Waals surface area contributed by atoms with Gasteiger partial charge in [-0.3, -0.25) is 0 Å². The maximum absolute atomic E-state index is 13.1. The van der Waals surface area contributed by atoms with Crippen LogP contribution in [0.1, 0.15) is 18.1 Å². The van der Waals surface area contributed by atoms with Gasteiger partial charge in [-0.2, -0.15) is 0 Å². The molecule has 0 unspecified atom stereocenters. The van der Waals surface area contributed by atoms with Crippen molar-refractivity contribution in [2.75, 3.05) is 6.61 Å². The van der Waals surface area contributed by atoms with Gasteiger partial charge in [0, 0.05) is 19.1 Å². The third kappa shape index (κ3) is 3.31. The number of benzene rings is 2. The fourth-order valence-electron chi connectivity index (χ4n) is 1.78. The molecule has 2 nitrogen and oxygen atoms in total. The summed E-state index contributed by atoms with van der Waals surface area (Å²) >= 11 is 0. The van der Waals surface area contributed by atoms with E-state index in [0.29, 0.717) is 12.2 Å². The van der Waals surface area contributed by atoms with Crippen molar-refractivity contribution in [1.82, 2.24) is 0 Å². The van der Waals surface area contributed by atoms with E-state index >= 15 is 0 Å². The number of hydrogen-bond donors (Lipinski definition) is 1. The summed E-state index contributed by atoms with van der Waals surface area (Å²) in [5, 5.41) is 9.08. The van der Waals surface area contributed by atoms with Crippen LogP contribution in [0.5, 0.6) is 5.75 Å². The molecule has 0 aliphatic heterocycles. The van der Waals surface area contributed by atoms with E-state index in [4.69, 9.17) is 9.84 Å². The Morgan fingerprint density at radius 3 is 2.50 bits per heavy atom. The van der Waals surface area contributed by atoms with E-state index in [1.54, 1.807) is 12.1 Å². The summed E-state index contributed by atoms with van der Waals surface area (Å²) in [4.78, 5) is 0. The molecule has 0 aromatic heterocycles. The lowest BCUT2D eigenvalue weighted by molar-refractivity contribution is 0.155. The Hall–Kier alpha value is -1.87. The van der Waals surface area contributed by atoms with Gasteiger partial charge in [-0.1, -0.05) is 36.4 Å². The number of halogens is 1. The molecule has 0 fully saturated rings. The van der Waals surface area contributed by atoms with Crippen molar-refractivity contribution in [2.45, 2.75) is 12.5 Å². The zero-order valence-corrected chi connectivity index (χ0v) is 9.92. The number of rotatable bonds is 5. The van der Waals surface area contributed by atoms with Gasteiger partial charge in [0.25, 0.3) is 0 Å². The topological polar surface area (TPSA) is 29.5 Å². The summed E-state index contributed by atoms with van der Waals surface area (Å²) in [6, 6.07) is 15.6. The summed E-state index contributed by atoms with van der Waals surface area (Å²) < 4.78 is 18.8. The molecule has 2 aromatic carbocycles. The van der Waals surface area contributed by atoms with Crippen LogP contribution in [0.4, 0.5) is 4.39 Å². The first-order valence-corrected chi connectivity index (χ1v) is 5.87. The molecule has 2 rings (SSSR count). The highest BCUT2D eigenvalue weighted by Gasteiger charge is 2.12. The standard InChI is InChI=1S/C15H15FO2/c16-13-7-4-8-14(11-13)18-15(9-10-17)12-5-2-1-3-6-12/h1-8,11,15,17H,9-10H2/t15-/m1/s1. The first kappa shape index (κ1) is 12.6. The Bertz CT molecular complexity index is 485. The largest absolute Gasteiger partial charge is 0.486 e. The number of hydrogen-bond acceptors (Lipinski definition) is 2. The second kappa shape index (κ2) is 6.17. The molecule has 0 heterocycles. The zero-order valence-electron chi connectivity index (χ0n) is 9.92. The van der Waals surface area contributed by atoms with Crippen LogP contribution in [0.25, 0.3) is 0 Å². The average Bonchev–Trinajstić information content (AvgIpc) is 2.39. The third-order valence-electron chi connectivity index (χ3n) is 2.64. The molecule has 0 amide bonds. The van der Waals surface area contributed by atoms with E-state index in [-0.39, 0.29) is 18.5 Å². The van der Waals surface area contributed by atoms with Gasteiger partial charge < -0.3 is 9.84 Å². The first-order chi connectivity index (χ1) is 8.79. The Morgan fingerprint density at radius 1 is 1.06 bits per heavy atom. The number of ether oxygens (including phenoxy) is 1. The van der Waals surface area contributed by atoms with Crippen molar-refractivity contribution in [3.63, 3.8) is 0 Å². The van der Waals surface area contributed by atoms with E-state index in [1.165, 1.54) is 12.1 Å². The van der Waals surface area contributed by atoms with Gasteiger partial charge in [0.05, 0.1) is 0 Å².